The number of anilines is 1. The van der Waals surface area contributed by atoms with Crippen LogP contribution in [0.5, 0.6) is 5.75 Å². The molecule has 0 aromatic heterocycles. The van der Waals surface area contributed by atoms with Gasteiger partial charge in [0.15, 0.2) is 6.61 Å². The van der Waals surface area contributed by atoms with E-state index < -0.39 is 29.7 Å². The summed E-state index contributed by atoms with van der Waals surface area (Å²) >= 11 is 0. The average Bonchev–Trinajstić information content (AvgIpc) is 3.26. The van der Waals surface area contributed by atoms with Crippen LogP contribution in [0.3, 0.4) is 0 Å². The average molecular weight is 590 g/mol. The minimum Gasteiger partial charge on any atom is -0.483 e. The van der Waals surface area contributed by atoms with Crippen LogP contribution in [0.1, 0.15) is 64.8 Å². The van der Waals surface area contributed by atoms with Crippen molar-refractivity contribution >= 4 is 35.2 Å². The van der Waals surface area contributed by atoms with Crippen molar-refractivity contribution in [3.8, 4) is 5.75 Å². The maximum Gasteiger partial charge on any atom is 0.266 e. The Bertz CT molecular complexity index is 1370. The van der Waals surface area contributed by atoms with Gasteiger partial charge in [-0.1, -0.05) is 36.6 Å². The smallest absolute Gasteiger partial charge is 0.266 e. The molecular weight excluding hydrogens is 550 g/mol. The summed E-state index contributed by atoms with van der Waals surface area (Å²) < 4.78 is 5.64. The highest BCUT2D eigenvalue weighted by Crippen LogP contribution is 2.33. The second kappa shape index (κ2) is 13.8. The number of hydrogen-bond acceptors (Lipinski definition) is 8. The molecule has 228 valence electrons. The molecule has 0 saturated carbocycles. The van der Waals surface area contributed by atoms with E-state index in [4.69, 9.17) is 4.74 Å². The van der Waals surface area contributed by atoms with Crippen LogP contribution in [0, 0.1) is 6.92 Å². The van der Waals surface area contributed by atoms with E-state index in [2.05, 4.69) is 51.6 Å². The molecule has 11 nitrogen and oxygen atoms in total. The summed E-state index contributed by atoms with van der Waals surface area (Å²) in [5.41, 5.74) is 2.72. The van der Waals surface area contributed by atoms with E-state index in [0.29, 0.717) is 6.54 Å². The highest BCUT2D eigenvalue weighted by Gasteiger charge is 2.46. The molecule has 1 unspecified atom stereocenters. The molecule has 5 rings (SSSR count). The summed E-state index contributed by atoms with van der Waals surface area (Å²) in [4.78, 5) is 68.1. The van der Waals surface area contributed by atoms with Crippen LogP contribution in [-0.2, 0) is 14.4 Å². The van der Waals surface area contributed by atoms with Gasteiger partial charge in [-0.05, 0) is 57.0 Å². The first-order chi connectivity index (χ1) is 20.8. The number of amides is 5. The van der Waals surface area contributed by atoms with Gasteiger partial charge in [-0.15, -0.1) is 0 Å². The first-order valence-electron chi connectivity index (χ1n) is 15.1. The third-order valence-corrected chi connectivity index (χ3v) is 8.28. The van der Waals surface area contributed by atoms with E-state index >= 15 is 0 Å². The van der Waals surface area contributed by atoms with Crippen LogP contribution < -0.4 is 20.3 Å². The largest absolute Gasteiger partial charge is 0.483 e. The van der Waals surface area contributed by atoms with E-state index in [1.54, 1.807) is 6.07 Å². The van der Waals surface area contributed by atoms with Gasteiger partial charge in [-0.25, -0.2) is 0 Å². The normalized spacial score (nSPS) is 19.0. The number of imide groups is 2. The quantitative estimate of drug-likeness (QED) is 0.285. The number of nitrogens with one attached hydrogen (secondary N) is 2. The summed E-state index contributed by atoms with van der Waals surface area (Å²) in [5.74, 6) is -2.60. The Kier molecular flexibility index (Phi) is 9.71. The summed E-state index contributed by atoms with van der Waals surface area (Å²) in [7, 11) is 0. The van der Waals surface area contributed by atoms with Crippen molar-refractivity contribution in [3.05, 3.63) is 59.2 Å². The zero-order valence-corrected chi connectivity index (χ0v) is 24.6. The lowest BCUT2D eigenvalue weighted by Gasteiger charge is -2.36. The summed E-state index contributed by atoms with van der Waals surface area (Å²) in [6, 6.07) is 12.2. The highest BCUT2D eigenvalue weighted by atomic mass is 16.5. The molecule has 2 aromatic rings. The number of piperidine rings is 1. The fourth-order valence-corrected chi connectivity index (χ4v) is 5.83. The zero-order valence-electron chi connectivity index (χ0n) is 24.6. The molecule has 2 N–H and O–H groups in total. The molecular formula is C32H39N5O6. The maximum atomic E-state index is 13.1. The molecule has 0 spiro atoms. The van der Waals surface area contributed by atoms with Gasteiger partial charge in [0.2, 0.25) is 11.8 Å². The van der Waals surface area contributed by atoms with Gasteiger partial charge in [0.1, 0.15) is 11.8 Å². The number of unbranched alkanes of at least 4 members (excludes halogenated alkanes) is 3. The van der Waals surface area contributed by atoms with Gasteiger partial charge in [-0.3, -0.25) is 39.1 Å². The van der Waals surface area contributed by atoms with E-state index in [1.807, 2.05) is 0 Å². The van der Waals surface area contributed by atoms with Crippen molar-refractivity contribution in [2.75, 3.05) is 50.8 Å². The number of aryl methyl sites for hydroxylation is 1. The Balaban J connectivity index is 0.973. The number of carbonyl (C=O) groups excluding carboxylic acids is 5. The molecule has 3 aliphatic rings. The van der Waals surface area contributed by atoms with Crippen LogP contribution >= 0.6 is 0 Å². The Morgan fingerprint density at radius 2 is 1.67 bits per heavy atom. The molecule has 0 aliphatic carbocycles. The van der Waals surface area contributed by atoms with Crippen molar-refractivity contribution in [1.29, 1.82) is 0 Å². The number of ether oxygens (including phenoxy) is 1. The van der Waals surface area contributed by atoms with Gasteiger partial charge in [-0.2, -0.15) is 0 Å². The van der Waals surface area contributed by atoms with Crippen molar-refractivity contribution in [2.24, 2.45) is 0 Å². The Morgan fingerprint density at radius 3 is 2.42 bits per heavy atom. The van der Waals surface area contributed by atoms with Crippen molar-refractivity contribution in [2.45, 2.75) is 51.5 Å². The lowest BCUT2D eigenvalue weighted by atomic mass is 10.0. The third-order valence-electron chi connectivity index (χ3n) is 8.28. The topological polar surface area (TPSA) is 128 Å². The van der Waals surface area contributed by atoms with E-state index in [-0.39, 0.29) is 42.2 Å². The van der Waals surface area contributed by atoms with Crippen LogP contribution in [0.15, 0.2) is 42.5 Å². The van der Waals surface area contributed by atoms with Gasteiger partial charge < -0.3 is 15.0 Å². The summed E-state index contributed by atoms with van der Waals surface area (Å²) in [5, 5.41) is 5.02. The highest BCUT2D eigenvalue weighted by molar-refractivity contribution is 6.24. The van der Waals surface area contributed by atoms with Gasteiger partial charge in [0.25, 0.3) is 17.7 Å². The number of nitrogens with zero attached hydrogens (tertiary/aromatic N) is 3. The third kappa shape index (κ3) is 7.22. The monoisotopic (exact) mass is 589 g/mol. The standard InChI is InChI=1S/C32H39N5O6/c1-22-9-11-23(12-10-22)36-19-17-35(18-20-36)16-5-3-2-4-15-33-28(39)21-43-26-8-6-7-24-29(26)32(42)37(31(24)41)25-13-14-27(38)34-30(25)40/h6-12,25H,2-5,13-21H2,1H3,(H,33,39)(H,34,38,40). The number of piperazine rings is 1. The van der Waals surface area contributed by atoms with E-state index in [0.717, 1.165) is 63.3 Å². The fourth-order valence-electron chi connectivity index (χ4n) is 5.83. The molecule has 43 heavy (non-hydrogen) atoms. The Hall–Kier alpha value is -4.25. The summed E-state index contributed by atoms with van der Waals surface area (Å²) in [6.45, 7) is 7.67. The number of benzene rings is 2. The van der Waals surface area contributed by atoms with E-state index in [9.17, 15) is 24.0 Å². The maximum absolute atomic E-state index is 13.1. The van der Waals surface area contributed by atoms with Crippen molar-refractivity contribution in [1.82, 2.24) is 20.4 Å². The summed E-state index contributed by atoms with van der Waals surface area (Å²) in [6.07, 6.45) is 4.22. The van der Waals surface area contributed by atoms with Crippen LogP contribution in [0.4, 0.5) is 5.69 Å². The minimum absolute atomic E-state index is 0.0292. The first-order valence-corrected chi connectivity index (χ1v) is 15.1. The minimum atomic E-state index is -1.06. The molecule has 11 heteroatoms. The SMILES string of the molecule is Cc1ccc(N2CCN(CCCCCCNC(=O)COc3cccc4c3C(=O)N(C3CCC(=O)NC3=O)C4=O)CC2)cc1. The second-order valence-corrected chi connectivity index (χ2v) is 11.3. The molecule has 0 bridgehead atoms. The molecule has 2 saturated heterocycles. The van der Waals surface area contributed by atoms with E-state index in [1.165, 1.54) is 23.4 Å². The second-order valence-electron chi connectivity index (χ2n) is 11.3. The lowest BCUT2D eigenvalue weighted by Crippen LogP contribution is -2.54. The van der Waals surface area contributed by atoms with Crippen molar-refractivity contribution in [3.63, 3.8) is 0 Å². The van der Waals surface area contributed by atoms with Crippen LogP contribution in [0.25, 0.3) is 0 Å². The number of hydrogen-bond donors (Lipinski definition) is 2. The van der Waals surface area contributed by atoms with Gasteiger partial charge in [0, 0.05) is 44.8 Å². The van der Waals surface area contributed by atoms with Gasteiger partial charge >= 0.3 is 0 Å². The number of rotatable bonds is 12. The molecule has 2 aromatic carbocycles. The molecule has 1 atom stereocenters. The molecule has 2 fully saturated rings. The van der Waals surface area contributed by atoms with Crippen molar-refractivity contribution < 1.29 is 28.7 Å². The Labute approximate surface area is 251 Å². The molecule has 5 amide bonds. The number of carbonyl (C=O) groups is 5. The first kappa shape index (κ1) is 30.2. The number of fused-ring (bicyclic) bond motifs is 1. The van der Waals surface area contributed by atoms with Crippen LogP contribution in [-0.4, -0.2) is 91.3 Å². The lowest BCUT2D eigenvalue weighted by molar-refractivity contribution is -0.136. The predicted octanol–water partition coefficient (Wildman–Crippen LogP) is 2.27. The molecule has 0 radical (unpaired) electrons. The van der Waals surface area contributed by atoms with Crippen LogP contribution in [0.2, 0.25) is 0 Å². The molecule has 3 aliphatic heterocycles. The molecule has 3 heterocycles. The predicted molar refractivity (Wildman–Crippen MR) is 160 cm³/mol. The zero-order chi connectivity index (χ0) is 30.3. The van der Waals surface area contributed by atoms with Gasteiger partial charge in [0.05, 0.1) is 11.1 Å². The fraction of sp³-hybridized carbons (Fsp3) is 0.469. The Morgan fingerprint density at radius 1 is 0.930 bits per heavy atom.